The molecule has 13 nitrogen and oxygen atoms in total. The van der Waals surface area contributed by atoms with Crippen molar-refractivity contribution in [1.29, 1.82) is 0 Å². The van der Waals surface area contributed by atoms with E-state index in [9.17, 15) is 24.3 Å². The third-order valence-corrected chi connectivity index (χ3v) is 6.68. The lowest BCUT2D eigenvalue weighted by atomic mass is 10.1. The van der Waals surface area contributed by atoms with Crippen LogP contribution in [0.4, 0.5) is 10.6 Å². The molecule has 13 heteroatoms. The van der Waals surface area contributed by atoms with Crippen LogP contribution in [-0.4, -0.2) is 107 Å². The van der Waals surface area contributed by atoms with Gasteiger partial charge in [-0.15, -0.1) is 0 Å². The van der Waals surface area contributed by atoms with Crippen molar-refractivity contribution < 1.29 is 29.0 Å². The molecule has 4 rings (SSSR count). The molecule has 2 aliphatic rings. The fourth-order valence-corrected chi connectivity index (χ4v) is 4.55. The van der Waals surface area contributed by atoms with Gasteiger partial charge in [0.25, 0.3) is 5.91 Å². The van der Waals surface area contributed by atoms with E-state index >= 15 is 0 Å². The van der Waals surface area contributed by atoms with Crippen molar-refractivity contribution >= 4 is 35.5 Å². The molecular weight excluding hydrogens is 518 g/mol. The molecule has 1 saturated heterocycles. The highest BCUT2D eigenvalue weighted by atomic mass is 16.6. The Labute approximate surface area is 231 Å². The van der Waals surface area contributed by atoms with E-state index in [1.165, 1.54) is 9.80 Å². The Balaban J connectivity index is 1.55. The van der Waals surface area contributed by atoms with E-state index in [1.54, 1.807) is 13.0 Å². The second-order valence-electron chi connectivity index (χ2n) is 9.35. The largest absolute Gasteiger partial charge is 0.481 e. The maximum atomic E-state index is 13.5. The number of amides is 3. The molecule has 2 N–H and O–H groups in total. The smallest absolute Gasteiger partial charge is 0.409 e. The van der Waals surface area contributed by atoms with Gasteiger partial charge in [-0.2, -0.15) is 0 Å². The summed E-state index contributed by atoms with van der Waals surface area (Å²) in [6.45, 7) is 6.06. The molecule has 3 amide bonds. The number of aromatic nitrogens is 2. The van der Waals surface area contributed by atoms with Crippen LogP contribution in [0.5, 0.6) is 0 Å². The monoisotopic (exact) mass is 551 g/mol. The second-order valence-corrected chi connectivity index (χ2v) is 9.35. The normalized spacial score (nSPS) is 15.8. The minimum Gasteiger partial charge on any atom is -0.481 e. The van der Waals surface area contributed by atoms with Gasteiger partial charge in [-0.3, -0.25) is 19.4 Å². The Morgan fingerprint density at radius 3 is 2.35 bits per heavy atom. The summed E-state index contributed by atoms with van der Waals surface area (Å²) in [6.07, 6.45) is -0.857. The van der Waals surface area contributed by atoms with E-state index in [0.717, 1.165) is 5.84 Å². The van der Waals surface area contributed by atoms with Crippen molar-refractivity contribution in [2.45, 2.75) is 32.7 Å². The van der Waals surface area contributed by atoms with E-state index < -0.39 is 29.9 Å². The Bertz CT molecular complexity index is 1280. The van der Waals surface area contributed by atoms with Crippen LogP contribution in [0.15, 0.2) is 41.4 Å². The van der Waals surface area contributed by atoms with Crippen LogP contribution >= 0.6 is 0 Å². The number of nitrogens with one attached hydrogen (secondary N) is 1. The summed E-state index contributed by atoms with van der Waals surface area (Å²) < 4.78 is 5.02. The minimum absolute atomic E-state index is 0.0452. The molecule has 2 aliphatic heterocycles. The first kappa shape index (κ1) is 28.5. The van der Waals surface area contributed by atoms with Crippen LogP contribution in [0.3, 0.4) is 0 Å². The molecule has 2 aromatic rings. The number of rotatable bonds is 9. The molecule has 212 valence electrons. The van der Waals surface area contributed by atoms with E-state index in [4.69, 9.17) is 4.74 Å². The molecule has 0 aliphatic carbocycles. The number of hydrogen-bond acceptors (Lipinski definition) is 9. The van der Waals surface area contributed by atoms with Gasteiger partial charge in [0.15, 0.2) is 5.82 Å². The molecule has 0 spiro atoms. The summed E-state index contributed by atoms with van der Waals surface area (Å²) in [5.41, 5.74) is 0.758. The van der Waals surface area contributed by atoms with Gasteiger partial charge in [0.05, 0.1) is 13.2 Å². The van der Waals surface area contributed by atoms with Gasteiger partial charge in [0.1, 0.15) is 23.4 Å². The first-order chi connectivity index (χ1) is 19.3. The third-order valence-electron chi connectivity index (χ3n) is 6.68. The zero-order valence-corrected chi connectivity index (χ0v) is 22.6. The Hall–Kier alpha value is -4.55. The molecular formula is C27H33N7O6. The summed E-state index contributed by atoms with van der Waals surface area (Å²) in [5, 5.41) is 12.0. The summed E-state index contributed by atoms with van der Waals surface area (Å²) >= 11 is 0. The number of aliphatic imine (C=N–C) groups is 1. The highest BCUT2D eigenvalue weighted by Gasteiger charge is 2.31. The first-order valence-electron chi connectivity index (χ1n) is 13.2. The highest BCUT2D eigenvalue weighted by Crippen LogP contribution is 2.22. The number of benzene rings is 1. The van der Waals surface area contributed by atoms with E-state index in [1.807, 2.05) is 42.2 Å². The number of carbonyl (C=O) groups is 4. The van der Waals surface area contributed by atoms with Crippen molar-refractivity contribution in [3.05, 3.63) is 42.1 Å². The lowest BCUT2D eigenvalue weighted by Gasteiger charge is -2.35. The van der Waals surface area contributed by atoms with Crippen molar-refractivity contribution in [2.75, 3.05) is 50.8 Å². The molecule has 1 aromatic carbocycles. The van der Waals surface area contributed by atoms with Gasteiger partial charge in [-0.25, -0.2) is 14.8 Å². The molecule has 1 atom stereocenters. The summed E-state index contributed by atoms with van der Waals surface area (Å²) in [4.78, 5) is 68.7. The highest BCUT2D eigenvalue weighted by molar-refractivity contribution is 6.00. The Morgan fingerprint density at radius 1 is 1.02 bits per heavy atom. The maximum absolute atomic E-state index is 13.5. The number of amidine groups is 1. The molecule has 1 fully saturated rings. The summed E-state index contributed by atoms with van der Waals surface area (Å²) in [5.74, 6) is -0.520. The number of hydrogen-bond donors (Lipinski definition) is 2. The van der Waals surface area contributed by atoms with Crippen molar-refractivity contribution in [2.24, 2.45) is 4.99 Å². The first-order valence-corrected chi connectivity index (χ1v) is 13.2. The molecule has 0 unspecified atom stereocenters. The molecule has 40 heavy (non-hydrogen) atoms. The van der Waals surface area contributed by atoms with Crippen molar-refractivity contribution in [3.8, 4) is 11.4 Å². The van der Waals surface area contributed by atoms with Gasteiger partial charge >= 0.3 is 12.1 Å². The van der Waals surface area contributed by atoms with Gasteiger partial charge in [-0.1, -0.05) is 30.3 Å². The summed E-state index contributed by atoms with van der Waals surface area (Å²) in [7, 11) is 0. The van der Waals surface area contributed by atoms with Crippen LogP contribution in [-0.2, 0) is 14.3 Å². The van der Waals surface area contributed by atoms with E-state index in [-0.39, 0.29) is 51.3 Å². The number of aliphatic carboxylic acids is 1. The topological polar surface area (TPSA) is 158 Å². The molecule has 0 radical (unpaired) electrons. The number of nitrogens with zero attached hydrogens (tertiary/aromatic N) is 6. The lowest BCUT2D eigenvalue weighted by molar-refractivity contribution is -0.138. The average molecular weight is 552 g/mol. The maximum Gasteiger partial charge on any atom is 0.409 e. The molecule has 0 saturated carbocycles. The van der Waals surface area contributed by atoms with Crippen molar-refractivity contribution in [3.63, 3.8) is 0 Å². The van der Waals surface area contributed by atoms with E-state index in [2.05, 4.69) is 20.3 Å². The fourth-order valence-electron chi connectivity index (χ4n) is 4.55. The zero-order valence-electron chi connectivity index (χ0n) is 22.6. The predicted octanol–water partition coefficient (Wildman–Crippen LogP) is 1.65. The van der Waals surface area contributed by atoms with Crippen LogP contribution < -0.4 is 10.2 Å². The number of carbonyl (C=O) groups excluding carboxylic acids is 3. The lowest BCUT2D eigenvalue weighted by Crippen LogP contribution is -2.56. The van der Waals surface area contributed by atoms with Gasteiger partial charge in [-0.05, 0) is 20.3 Å². The number of carboxylic acids is 1. The fraction of sp³-hybridized carbons (Fsp3) is 0.444. The van der Waals surface area contributed by atoms with Crippen LogP contribution in [0.1, 0.15) is 37.2 Å². The zero-order chi connectivity index (χ0) is 28.6. The Morgan fingerprint density at radius 2 is 1.73 bits per heavy atom. The van der Waals surface area contributed by atoms with Crippen LogP contribution in [0.25, 0.3) is 11.4 Å². The standard InChI is InChI=1S/C27H33N7O6/c1-3-40-27(39)33-15-13-32(14-16-33)26(38)20(9-10-23(35)36)30-25(37)21-17-22(34-12-11-28-18(34)2)31-24(29-21)19-7-5-4-6-8-19/h4-8,17,20H,3,9-16H2,1-2H3,(H,30,37)(H,35,36)/t20-/m0/s1. The minimum atomic E-state index is -1.09. The van der Waals surface area contributed by atoms with Gasteiger partial charge in [0.2, 0.25) is 5.91 Å². The quantitative estimate of drug-likeness (QED) is 0.473. The van der Waals surface area contributed by atoms with Crippen LogP contribution in [0, 0.1) is 0 Å². The number of carboxylic acid groups (broad SMARTS) is 1. The SMILES string of the molecule is CCOC(=O)N1CCN(C(=O)[C@H](CCC(=O)O)NC(=O)c2cc(N3CCN=C3C)nc(-c3ccccc3)n2)CC1. The third kappa shape index (κ3) is 6.90. The molecule has 1 aromatic heterocycles. The van der Waals surface area contributed by atoms with Gasteiger partial charge in [0, 0.05) is 50.8 Å². The number of anilines is 1. The summed E-state index contributed by atoms with van der Waals surface area (Å²) in [6, 6.07) is 9.67. The van der Waals surface area contributed by atoms with Crippen molar-refractivity contribution in [1.82, 2.24) is 25.1 Å². The van der Waals surface area contributed by atoms with Gasteiger partial charge < -0.3 is 29.9 Å². The van der Waals surface area contributed by atoms with E-state index in [0.29, 0.717) is 30.3 Å². The van der Waals surface area contributed by atoms with Crippen LogP contribution in [0.2, 0.25) is 0 Å². The number of ether oxygens (including phenoxy) is 1. The predicted molar refractivity (Wildman–Crippen MR) is 146 cm³/mol. The number of piperazine rings is 1. The molecule has 0 bridgehead atoms. The second kappa shape index (κ2) is 13.0. The molecule has 3 heterocycles. The Kier molecular flexibility index (Phi) is 9.25. The average Bonchev–Trinajstić information content (AvgIpc) is 3.40.